The van der Waals surface area contributed by atoms with Crippen molar-refractivity contribution >= 4 is 17.5 Å². The summed E-state index contributed by atoms with van der Waals surface area (Å²) >= 11 is 0. The Hall–Kier alpha value is -3.28. The highest BCUT2D eigenvalue weighted by molar-refractivity contribution is 5.92. The van der Waals surface area contributed by atoms with Gasteiger partial charge in [0.2, 0.25) is 5.95 Å². The maximum Gasteiger partial charge on any atom is 0.272 e. The van der Waals surface area contributed by atoms with Crippen LogP contribution in [0.5, 0.6) is 0 Å². The van der Waals surface area contributed by atoms with Crippen LogP contribution in [0.3, 0.4) is 0 Å². The number of aromatic nitrogens is 3. The van der Waals surface area contributed by atoms with E-state index in [1.54, 1.807) is 36.6 Å². The summed E-state index contributed by atoms with van der Waals surface area (Å²) in [6.45, 7) is 2.63. The molecule has 1 amide bonds. The van der Waals surface area contributed by atoms with Gasteiger partial charge in [0.1, 0.15) is 5.69 Å². The van der Waals surface area contributed by atoms with E-state index in [4.69, 9.17) is 0 Å². The molecular formula is C20H21N5O. The minimum absolute atomic E-state index is 0.131. The molecule has 3 rings (SSSR count). The summed E-state index contributed by atoms with van der Waals surface area (Å²) < 4.78 is 0. The zero-order valence-electron chi connectivity index (χ0n) is 14.9. The molecule has 0 unspecified atom stereocenters. The third kappa shape index (κ3) is 4.63. The molecule has 0 aliphatic carbocycles. The first-order chi connectivity index (χ1) is 12.6. The highest BCUT2D eigenvalue weighted by atomic mass is 16.2. The molecule has 1 aromatic carbocycles. The predicted octanol–water partition coefficient (Wildman–Crippen LogP) is 3.24. The first-order valence-electron chi connectivity index (χ1n) is 8.43. The zero-order valence-corrected chi connectivity index (χ0v) is 14.9. The highest BCUT2D eigenvalue weighted by Crippen LogP contribution is 2.14. The SMILES string of the molecule is Cc1ccc(Nc2nccc(C(=O)N(C)CCc3ccncc3)n2)cc1. The van der Waals surface area contributed by atoms with Gasteiger partial charge in [-0.05, 0) is 49.2 Å². The zero-order chi connectivity index (χ0) is 18.4. The largest absolute Gasteiger partial charge is 0.340 e. The molecule has 0 fully saturated rings. The lowest BCUT2D eigenvalue weighted by molar-refractivity contribution is 0.0791. The fourth-order valence-electron chi connectivity index (χ4n) is 2.45. The van der Waals surface area contributed by atoms with Gasteiger partial charge in [-0.1, -0.05) is 17.7 Å². The summed E-state index contributed by atoms with van der Waals surface area (Å²) in [7, 11) is 1.78. The van der Waals surface area contributed by atoms with Crippen LogP contribution >= 0.6 is 0 Å². The van der Waals surface area contributed by atoms with E-state index in [1.165, 1.54) is 5.56 Å². The second-order valence-corrected chi connectivity index (χ2v) is 6.09. The molecule has 0 aliphatic rings. The summed E-state index contributed by atoms with van der Waals surface area (Å²) in [5.74, 6) is 0.274. The van der Waals surface area contributed by atoms with Crippen molar-refractivity contribution in [1.29, 1.82) is 0 Å². The lowest BCUT2D eigenvalue weighted by Crippen LogP contribution is -2.29. The van der Waals surface area contributed by atoms with Gasteiger partial charge >= 0.3 is 0 Å². The first kappa shape index (κ1) is 17.5. The molecule has 132 valence electrons. The smallest absolute Gasteiger partial charge is 0.272 e. The van der Waals surface area contributed by atoms with Crippen molar-refractivity contribution in [1.82, 2.24) is 19.9 Å². The van der Waals surface area contributed by atoms with Gasteiger partial charge in [0, 0.05) is 37.9 Å². The van der Waals surface area contributed by atoms with Gasteiger partial charge in [0.15, 0.2) is 0 Å². The second kappa shape index (κ2) is 8.20. The number of nitrogens with zero attached hydrogens (tertiary/aromatic N) is 4. The van der Waals surface area contributed by atoms with E-state index in [0.29, 0.717) is 18.2 Å². The third-order valence-corrected chi connectivity index (χ3v) is 4.01. The van der Waals surface area contributed by atoms with Crippen LogP contribution in [0.15, 0.2) is 61.1 Å². The van der Waals surface area contributed by atoms with Gasteiger partial charge < -0.3 is 10.2 Å². The Labute approximate surface area is 153 Å². The molecular weight excluding hydrogens is 326 g/mol. The number of pyridine rings is 1. The molecule has 6 heteroatoms. The lowest BCUT2D eigenvalue weighted by atomic mass is 10.2. The first-order valence-corrected chi connectivity index (χ1v) is 8.43. The average Bonchev–Trinajstić information content (AvgIpc) is 2.68. The van der Waals surface area contributed by atoms with Gasteiger partial charge in [-0.25, -0.2) is 9.97 Å². The number of hydrogen-bond acceptors (Lipinski definition) is 5. The Balaban J connectivity index is 1.64. The third-order valence-electron chi connectivity index (χ3n) is 4.01. The second-order valence-electron chi connectivity index (χ2n) is 6.09. The number of likely N-dealkylation sites (N-methyl/N-ethyl adjacent to an activating group) is 1. The minimum Gasteiger partial charge on any atom is -0.340 e. The molecule has 0 saturated heterocycles. The number of carbonyl (C=O) groups is 1. The van der Waals surface area contributed by atoms with E-state index in [0.717, 1.165) is 17.7 Å². The van der Waals surface area contributed by atoms with Crippen molar-refractivity contribution in [3.8, 4) is 0 Å². The monoisotopic (exact) mass is 347 g/mol. The molecule has 0 atom stereocenters. The predicted molar refractivity (Wildman–Crippen MR) is 101 cm³/mol. The van der Waals surface area contributed by atoms with Gasteiger partial charge in [-0.2, -0.15) is 0 Å². The van der Waals surface area contributed by atoms with Crippen molar-refractivity contribution in [3.05, 3.63) is 77.9 Å². The topological polar surface area (TPSA) is 71.0 Å². The van der Waals surface area contributed by atoms with E-state index in [2.05, 4.69) is 20.3 Å². The molecule has 6 nitrogen and oxygen atoms in total. The number of hydrogen-bond donors (Lipinski definition) is 1. The maximum atomic E-state index is 12.6. The summed E-state index contributed by atoms with van der Waals surface area (Å²) in [5.41, 5.74) is 3.57. The van der Waals surface area contributed by atoms with Crippen LogP contribution in [-0.4, -0.2) is 39.4 Å². The molecule has 1 N–H and O–H groups in total. The van der Waals surface area contributed by atoms with Crippen LogP contribution in [0.4, 0.5) is 11.6 Å². The summed E-state index contributed by atoms with van der Waals surface area (Å²) in [5, 5.41) is 3.12. The van der Waals surface area contributed by atoms with Gasteiger partial charge in [-0.15, -0.1) is 0 Å². The van der Waals surface area contributed by atoms with Crippen molar-refractivity contribution in [2.45, 2.75) is 13.3 Å². The van der Waals surface area contributed by atoms with Crippen molar-refractivity contribution in [3.63, 3.8) is 0 Å². The lowest BCUT2D eigenvalue weighted by Gasteiger charge is -2.17. The van der Waals surface area contributed by atoms with E-state index in [9.17, 15) is 4.79 Å². The Morgan fingerprint density at radius 1 is 1.04 bits per heavy atom. The van der Waals surface area contributed by atoms with Crippen molar-refractivity contribution in [2.24, 2.45) is 0 Å². The van der Waals surface area contributed by atoms with Gasteiger partial charge in [-0.3, -0.25) is 9.78 Å². The number of benzene rings is 1. The molecule has 0 radical (unpaired) electrons. The minimum atomic E-state index is -0.131. The molecule has 2 heterocycles. The Kier molecular flexibility index (Phi) is 5.53. The van der Waals surface area contributed by atoms with E-state index in [-0.39, 0.29) is 5.91 Å². The standard InChI is InChI=1S/C20H21N5O/c1-15-3-5-17(6-4-15)23-20-22-13-9-18(24-20)19(26)25(2)14-10-16-7-11-21-12-8-16/h3-9,11-13H,10,14H2,1-2H3,(H,22,23,24). The van der Waals surface area contributed by atoms with Crippen LogP contribution in [0.1, 0.15) is 21.6 Å². The fraction of sp³-hybridized carbons (Fsp3) is 0.200. The number of rotatable bonds is 6. The highest BCUT2D eigenvalue weighted by Gasteiger charge is 2.14. The molecule has 0 saturated carbocycles. The van der Waals surface area contributed by atoms with Crippen LogP contribution in [0.2, 0.25) is 0 Å². The summed E-state index contributed by atoms with van der Waals surface area (Å²) in [4.78, 5) is 26.8. The van der Waals surface area contributed by atoms with Crippen molar-refractivity contribution in [2.75, 3.05) is 18.9 Å². The Morgan fingerprint density at radius 3 is 2.50 bits per heavy atom. The van der Waals surface area contributed by atoms with E-state index in [1.807, 2.05) is 43.3 Å². The van der Waals surface area contributed by atoms with Crippen LogP contribution in [0.25, 0.3) is 0 Å². The van der Waals surface area contributed by atoms with Gasteiger partial charge in [0.05, 0.1) is 0 Å². The summed E-state index contributed by atoms with van der Waals surface area (Å²) in [6, 6.07) is 13.4. The normalized spacial score (nSPS) is 10.4. The molecule has 26 heavy (non-hydrogen) atoms. The molecule has 0 aliphatic heterocycles. The average molecular weight is 347 g/mol. The van der Waals surface area contributed by atoms with Crippen LogP contribution < -0.4 is 5.32 Å². The molecule has 0 bridgehead atoms. The molecule has 0 spiro atoms. The molecule has 3 aromatic rings. The number of aryl methyl sites for hydroxylation is 1. The molecule has 2 aromatic heterocycles. The van der Waals surface area contributed by atoms with Crippen LogP contribution in [0, 0.1) is 6.92 Å². The van der Waals surface area contributed by atoms with E-state index < -0.39 is 0 Å². The summed E-state index contributed by atoms with van der Waals surface area (Å²) in [6.07, 6.45) is 5.87. The van der Waals surface area contributed by atoms with Crippen LogP contribution in [-0.2, 0) is 6.42 Å². The number of anilines is 2. The quantitative estimate of drug-likeness (QED) is 0.741. The van der Waals surface area contributed by atoms with E-state index >= 15 is 0 Å². The Bertz CT molecular complexity index is 865. The van der Waals surface area contributed by atoms with Crippen molar-refractivity contribution < 1.29 is 4.79 Å². The fourth-order valence-corrected chi connectivity index (χ4v) is 2.45. The number of carbonyl (C=O) groups excluding carboxylic acids is 1. The number of amides is 1. The Morgan fingerprint density at radius 2 is 1.77 bits per heavy atom. The van der Waals surface area contributed by atoms with Gasteiger partial charge in [0.25, 0.3) is 5.91 Å². The number of nitrogens with one attached hydrogen (secondary N) is 1. The maximum absolute atomic E-state index is 12.6.